The number of carbonyl (C=O) groups is 2. The van der Waals surface area contributed by atoms with Gasteiger partial charge in [0.05, 0.1) is 18.1 Å². The summed E-state index contributed by atoms with van der Waals surface area (Å²) in [6.07, 6.45) is 4.98. The van der Waals surface area contributed by atoms with Crippen molar-refractivity contribution < 1.29 is 9.59 Å². The molecule has 1 aliphatic heterocycles. The number of nitrogens with zero attached hydrogens (tertiary/aromatic N) is 3. The maximum absolute atomic E-state index is 12.2. The molecule has 0 bridgehead atoms. The summed E-state index contributed by atoms with van der Waals surface area (Å²) in [5.74, 6) is -0.464. The van der Waals surface area contributed by atoms with Crippen molar-refractivity contribution in [2.45, 2.75) is 19.8 Å². The molecule has 0 radical (unpaired) electrons. The van der Waals surface area contributed by atoms with E-state index in [2.05, 4.69) is 27.4 Å². The zero-order valence-corrected chi connectivity index (χ0v) is 12.3. The normalized spacial score (nSPS) is 18.4. The first-order valence-electron chi connectivity index (χ1n) is 7.24. The number of aromatic amines is 1. The standard InChI is InChI=1S/C14H18N6O2/c1-8-3-2-4-20(7-8)14(22)13(21)18-10-6-16-12(15)11-9(10)5-17-19-11/h5-6,8H,2-4,7H2,1H3,(H2,15,16)(H,17,19)(H,18,21). The molecule has 1 saturated heterocycles. The summed E-state index contributed by atoms with van der Waals surface area (Å²) in [6.45, 7) is 3.32. The van der Waals surface area contributed by atoms with Gasteiger partial charge in [-0.1, -0.05) is 6.92 Å². The number of pyridine rings is 1. The quantitative estimate of drug-likeness (QED) is 0.672. The second kappa shape index (κ2) is 5.63. The van der Waals surface area contributed by atoms with Crippen molar-refractivity contribution in [3.05, 3.63) is 12.4 Å². The molecule has 0 aromatic carbocycles. The Morgan fingerprint density at radius 2 is 2.27 bits per heavy atom. The fraction of sp³-hybridized carbons (Fsp3) is 0.429. The van der Waals surface area contributed by atoms with Crippen molar-refractivity contribution in [1.82, 2.24) is 20.1 Å². The topological polar surface area (TPSA) is 117 Å². The van der Waals surface area contributed by atoms with Crippen LogP contribution in [-0.4, -0.2) is 45.0 Å². The Bertz CT molecular complexity index is 725. The Balaban J connectivity index is 1.77. The van der Waals surface area contributed by atoms with Crippen LogP contribution in [0.2, 0.25) is 0 Å². The Hall–Kier alpha value is -2.64. The van der Waals surface area contributed by atoms with E-state index in [0.717, 1.165) is 12.8 Å². The van der Waals surface area contributed by atoms with Crippen LogP contribution < -0.4 is 11.1 Å². The number of fused-ring (bicyclic) bond motifs is 1. The van der Waals surface area contributed by atoms with Gasteiger partial charge in [-0.3, -0.25) is 14.7 Å². The molecule has 8 nitrogen and oxygen atoms in total. The summed E-state index contributed by atoms with van der Waals surface area (Å²) in [4.78, 5) is 30.0. The molecule has 1 unspecified atom stereocenters. The van der Waals surface area contributed by atoms with Gasteiger partial charge in [-0.2, -0.15) is 5.10 Å². The number of likely N-dealkylation sites (tertiary alicyclic amines) is 1. The van der Waals surface area contributed by atoms with E-state index in [4.69, 9.17) is 5.73 Å². The van der Waals surface area contributed by atoms with Gasteiger partial charge in [0.2, 0.25) is 0 Å². The molecule has 8 heteroatoms. The van der Waals surface area contributed by atoms with Crippen molar-refractivity contribution in [1.29, 1.82) is 0 Å². The zero-order valence-electron chi connectivity index (χ0n) is 12.3. The highest BCUT2D eigenvalue weighted by Crippen LogP contribution is 2.24. The Morgan fingerprint density at radius 1 is 1.45 bits per heavy atom. The Kier molecular flexibility index (Phi) is 3.66. The van der Waals surface area contributed by atoms with E-state index in [9.17, 15) is 9.59 Å². The minimum absolute atomic E-state index is 0.293. The van der Waals surface area contributed by atoms with Crippen molar-refractivity contribution >= 4 is 34.2 Å². The fourth-order valence-corrected chi connectivity index (χ4v) is 2.75. The van der Waals surface area contributed by atoms with Gasteiger partial charge in [-0.25, -0.2) is 4.98 Å². The molecular weight excluding hydrogens is 284 g/mol. The molecule has 1 fully saturated rings. The lowest BCUT2D eigenvalue weighted by Crippen LogP contribution is -2.44. The molecule has 1 aliphatic rings. The number of nitrogen functional groups attached to an aromatic ring is 1. The lowest BCUT2D eigenvalue weighted by molar-refractivity contribution is -0.144. The SMILES string of the molecule is CC1CCCN(C(=O)C(=O)Nc2cnc(N)c3[nH]ncc23)C1. The molecule has 0 aliphatic carbocycles. The lowest BCUT2D eigenvalue weighted by Gasteiger charge is -2.30. The summed E-state index contributed by atoms with van der Waals surface area (Å²) in [5, 5.41) is 9.83. The van der Waals surface area contributed by atoms with Crippen LogP contribution in [0.4, 0.5) is 11.5 Å². The average molecular weight is 302 g/mol. The summed E-state index contributed by atoms with van der Waals surface area (Å²) < 4.78 is 0. The fourth-order valence-electron chi connectivity index (χ4n) is 2.75. The average Bonchev–Trinajstić information content (AvgIpc) is 3.00. The van der Waals surface area contributed by atoms with Gasteiger partial charge >= 0.3 is 11.8 Å². The third kappa shape index (κ3) is 2.59. The monoisotopic (exact) mass is 302 g/mol. The Labute approximate surface area is 127 Å². The third-order valence-corrected chi connectivity index (χ3v) is 3.91. The number of rotatable bonds is 1. The smallest absolute Gasteiger partial charge is 0.313 e. The van der Waals surface area contributed by atoms with Crippen molar-refractivity contribution in [2.75, 3.05) is 24.1 Å². The van der Waals surface area contributed by atoms with Gasteiger partial charge in [-0.05, 0) is 18.8 Å². The van der Waals surface area contributed by atoms with Crippen molar-refractivity contribution in [2.24, 2.45) is 5.92 Å². The first-order valence-corrected chi connectivity index (χ1v) is 7.24. The van der Waals surface area contributed by atoms with Gasteiger partial charge in [0.15, 0.2) is 0 Å². The van der Waals surface area contributed by atoms with E-state index in [1.807, 2.05) is 0 Å². The van der Waals surface area contributed by atoms with E-state index in [1.54, 1.807) is 4.90 Å². The summed E-state index contributed by atoms with van der Waals surface area (Å²) >= 11 is 0. The molecular formula is C14H18N6O2. The van der Waals surface area contributed by atoms with Crippen molar-refractivity contribution in [3.8, 4) is 0 Å². The number of hydrogen-bond donors (Lipinski definition) is 3. The second-order valence-electron chi connectivity index (χ2n) is 5.67. The minimum Gasteiger partial charge on any atom is -0.382 e. The number of anilines is 2. The maximum Gasteiger partial charge on any atom is 0.313 e. The van der Waals surface area contributed by atoms with Crippen LogP contribution in [0, 0.1) is 5.92 Å². The first kappa shape index (κ1) is 14.3. The van der Waals surface area contributed by atoms with E-state index in [0.29, 0.717) is 41.4 Å². The van der Waals surface area contributed by atoms with Gasteiger partial charge in [0, 0.05) is 18.5 Å². The molecule has 116 valence electrons. The highest BCUT2D eigenvalue weighted by atomic mass is 16.2. The highest BCUT2D eigenvalue weighted by molar-refractivity contribution is 6.40. The molecule has 22 heavy (non-hydrogen) atoms. The van der Waals surface area contributed by atoms with E-state index < -0.39 is 11.8 Å². The minimum atomic E-state index is -0.664. The number of nitrogens with two attached hydrogens (primary N) is 1. The predicted octanol–water partition coefficient (Wildman–Crippen LogP) is 0.737. The van der Waals surface area contributed by atoms with Crippen LogP contribution in [0.3, 0.4) is 0 Å². The van der Waals surface area contributed by atoms with Crippen LogP contribution in [-0.2, 0) is 9.59 Å². The summed E-state index contributed by atoms with van der Waals surface area (Å²) in [5.41, 5.74) is 6.68. The number of H-pyrrole nitrogens is 1. The number of hydrogen-bond acceptors (Lipinski definition) is 5. The largest absolute Gasteiger partial charge is 0.382 e. The van der Waals surface area contributed by atoms with Crippen LogP contribution in [0.5, 0.6) is 0 Å². The number of amides is 2. The van der Waals surface area contributed by atoms with Gasteiger partial charge in [0.1, 0.15) is 11.3 Å². The molecule has 2 aromatic heterocycles. The van der Waals surface area contributed by atoms with Crippen LogP contribution in [0.1, 0.15) is 19.8 Å². The first-order chi connectivity index (χ1) is 10.6. The van der Waals surface area contributed by atoms with Gasteiger partial charge in [0.25, 0.3) is 0 Å². The molecule has 0 spiro atoms. The van der Waals surface area contributed by atoms with Gasteiger partial charge < -0.3 is 16.0 Å². The lowest BCUT2D eigenvalue weighted by atomic mass is 10.0. The molecule has 1 atom stereocenters. The second-order valence-corrected chi connectivity index (χ2v) is 5.67. The highest BCUT2D eigenvalue weighted by Gasteiger charge is 2.26. The summed E-state index contributed by atoms with van der Waals surface area (Å²) in [6, 6.07) is 0. The zero-order chi connectivity index (χ0) is 15.7. The molecule has 3 rings (SSSR count). The third-order valence-electron chi connectivity index (χ3n) is 3.91. The summed E-state index contributed by atoms with van der Waals surface area (Å²) in [7, 11) is 0. The molecule has 2 aromatic rings. The Morgan fingerprint density at radius 3 is 3.05 bits per heavy atom. The van der Waals surface area contributed by atoms with Crippen LogP contribution >= 0.6 is 0 Å². The number of nitrogens with one attached hydrogen (secondary N) is 2. The molecule has 2 amide bonds. The van der Waals surface area contributed by atoms with Crippen LogP contribution in [0.15, 0.2) is 12.4 Å². The van der Waals surface area contributed by atoms with E-state index >= 15 is 0 Å². The van der Waals surface area contributed by atoms with Crippen molar-refractivity contribution in [3.63, 3.8) is 0 Å². The van der Waals surface area contributed by atoms with Crippen LogP contribution in [0.25, 0.3) is 10.9 Å². The predicted molar refractivity (Wildman–Crippen MR) is 81.9 cm³/mol. The van der Waals surface area contributed by atoms with E-state index in [-0.39, 0.29) is 0 Å². The van der Waals surface area contributed by atoms with Gasteiger partial charge in [-0.15, -0.1) is 0 Å². The van der Waals surface area contributed by atoms with E-state index in [1.165, 1.54) is 12.4 Å². The maximum atomic E-state index is 12.2. The number of piperidine rings is 1. The molecule has 4 N–H and O–H groups in total. The molecule has 3 heterocycles. The number of carbonyl (C=O) groups excluding carboxylic acids is 2. The number of aromatic nitrogens is 3. The molecule has 0 saturated carbocycles.